The van der Waals surface area contributed by atoms with Crippen LogP contribution in [0.25, 0.3) is 0 Å². The van der Waals surface area contributed by atoms with Crippen LogP contribution in [0.2, 0.25) is 0 Å². The third kappa shape index (κ3) is 4.71. The molecule has 0 saturated heterocycles. The van der Waals surface area contributed by atoms with E-state index in [2.05, 4.69) is 4.74 Å². The first-order valence-corrected chi connectivity index (χ1v) is 6.71. The molecule has 1 aromatic rings. The molecule has 25 heavy (non-hydrogen) atoms. The van der Waals surface area contributed by atoms with Crippen LogP contribution in [-0.2, 0) is 4.74 Å². The van der Waals surface area contributed by atoms with Gasteiger partial charge in [-0.3, -0.25) is 0 Å². The summed E-state index contributed by atoms with van der Waals surface area (Å²) in [6.07, 6.45) is -5.31. The lowest BCUT2D eigenvalue weighted by Crippen LogP contribution is -2.51. The van der Waals surface area contributed by atoms with Crippen molar-refractivity contribution in [1.82, 2.24) is 5.32 Å². The Morgan fingerprint density at radius 3 is 2.44 bits per heavy atom. The number of benzene rings is 1. The molecule has 2 atom stereocenters. The molecule has 1 aliphatic carbocycles. The van der Waals surface area contributed by atoms with E-state index in [9.17, 15) is 22.4 Å². The lowest BCUT2D eigenvalue weighted by Gasteiger charge is -2.35. The quantitative estimate of drug-likeness (QED) is 0.639. The number of halogens is 4. The minimum atomic E-state index is -5.20. The predicted octanol–water partition coefficient (Wildman–Crippen LogP) is 2.63. The van der Waals surface area contributed by atoms with Crippen molar-refractivity contribution in [3.63, 3.8) is 0 Å². The molecular formula is C15H11F4N3O3. The number of nitrogens with one attached hydrogen (secondary N) is 1. The van der Waals surface area contributed by atoms with Crippen LogP contribution in [-0.4, -0.2) is 24.4 Å². The Balaban J connectivity index is 2.32. The van der Waals surface area contributed by atoms with Crippen molar-refractivity contribution in [3.05, 3.63) is 53.8 Å². The zero-order chi connectivity index (χ0) is 18.7. The lowest BCUT2D eigenvalue weighted by molar-refractivity contribution is -0.397. The Bertz CT molecular complexity index is 753. The van der Waals surface area contributed by atoms with Gasteiger partial charge in [-0.05, 0) is 42.5 Å². The van der Waals surface area contributed by atoms with Crippen molar-refractivity contribution >= 4 is 6.03 Å². The average Bonchev–Trinajstić information content (AvgIpc) is 2.50. The van der Waals surface area contributed by atoms with E-state index in [0.717, 1.165) is 6.08 Å². The molecule has 1 aliphatic rings. The number of hydrogen-bond donors (Lipinski definition) is 2. The summed E-state index contributed by atoms with van der Waals surface area (Å²) in [4.78, 5) is 10.8. The van der Waals surface area contributed by atoms with Gasteiger partial charge in [-0.15, -0.1) is 13.2 Å². The summed E-state index contributed by atoms with van der Waals surface area (Å²) in [5.41, 5.74) is 4.96. The predicted molar refractivity (Wildman–Crippen MR) is 76.5 cm³/mol. The summed E-state index contributed by atoms with van der Waals surface area (Å²) in [7, 11) is 0. The van der Waals surface area contributed by atoms with Crippen molar-refractivity contribution in [1.29, 1.82) is 5.26 Å². The first-order valence-electron chi connectivity index (χ1n) is 6.71. The molecule has 132 valence electrons. The fourth-order valence-corrected chi connectivity index (χ4v) is 2.02. The lowest BCUT2D eigenvalue weighted by atomic mass is 10.0. The molecule has 0 aliphatic heterocycles. The van der Waals surface area contributed by atoms with Gasteiger partial charge in [0.05, 0.1) is 11.6 Å². The van der Waals surface area contributed by atoms with Gasteiger partial charge in [0.2, 0.25) is 0 Å². The number of hydrogen-bond acceptors (Lipinski definition) is 4. The van der Waals surface area contributed by atoms with Crippen molar-refractivity contribution in [2.45, 2.75) is 18.3 Å². The molecular weight excluding hydrogens is 346 g/mol. The van der Waals surface area contributed by atoms with Crippen molar-refractivity contribution in [3.8, 4) is 11.8 Å². The van der Waals surface area contributed by atoms with Crippen LogP contribution in [0.15, 0.2) is 48.2 Å². The molecule has 0 saturated carbocycles. The first kappa shape index (κ1) is 18.3. The molecule has 10 heteroatoms. The maximum Gasteiger partial charge on any atom is 0.526 e. The van der Waals surface area contributed by atoms with Gasteiger partial charge in [0.1, 0.15) is 5.75 Å². The number of amides is 2. The number of carbonyl (C=O) groups excluding carboxylic acids is 1. The molecule has 0 bridgehead atoms. The van der Waals surface area contributed by atoms with Crippen LogP contribution >= 0.6 is 0 Å². The molecule has 0 fully saturated rings. The maximum absolute atomic E-state index is 14.4. The zero-order valence-corrected chi connectivity index (χ0v) is 12.4. The standard InChI is InChI=1S/C15H11F4N3O3/c16-12-7-10(22-13(21)23)5-6-14(12,25-15(17,18)19)24-11-3-1-9(8-20)2-4-11/h1-7,12H,(H3,21,22,23)/t12?,14-/m1/s1. The van der Waals surface area contributed by atoms with Crippen LogP contribution in [0.3, 0.4) is 0 Å². The number of carbonyl (C=O) groups is 1. The number of nitrogens with two attached hydrogens (primary N) is 1. The van der Waals surface area contributed by atoms with Gasteiger partial charge in [0.25, 0.3) is 5.79 Å². The number of primary amides is 1. The minimum absolute atomic E-state index is 0.148. The normalized spacial score (nSPS) is 22.7. The Kier molecular flexibility index (Phi) is 4.99. The molecule has 6 nitrogen and oxygen atoms in total. The highest BCUT2D eigenvalue weighted by Gasteiger charge is 2.51. The highest BCUT2D eigenvalue weighted by Crippen LogP contribution is 2.36. The number of urea groups is 1. The van der Waals surface area contributed by atoms with Crippen LogP contribution < -0.4 is 15.8 Å². The van der Waals surface area contributed by atoms with Gasteiger partial charge in [-0.1, -0.05) is 0 Å². The van der Waals surface area contributed by atoms with Crippen molar-refractivity contribution < 1.29 is 31.8 Å². The van der Waals surface area contributed by atoms with E-state index in [0.29, 0.717) is 12.2 Å². The van der Waals surface area contributed by atoms with Crippen molar-refractivity contribution in [2.75, 3.05) is 0 Å². The monoisotopic (exact) mass is 357 g/mol. The van der Waals surface area contributed by atoms with Crippen LogP contribution in [0.5, 0.6) is 5.75 Å². The molecule has 3 N–H and O–H groups in total. The molecule has 1 aromatic carbocycles. The fourth-order valence-electron chi connectivity index (χ4n) is 2.02. The van der Waals surface area contributed by atoms with E-state index in [1.165, 1.54) is 24.3 Å². The maximum atomic E-state index is 14.4. The summed E-state index contributed by atoms with van der Waals surface area (Å²) in [6, 6.07) is 5.77. The molecule has 0 heterocycles. The smallest absolute Gasteiger partial charge is 0.455 e. The van der Waals surface area contributed by atoms with Gasteiger partial charge in [0, 0.05) is 5.70 Å². The minimum Gasteiger partial charge on any atom is -0.455 e. The summed E-state index contributed by atoms with van der Waals surface area (Å²) >= 11 is 0. The number of alkyl halides is 4. The molecule has 0 radical (unpaired) electrons. The highest BCUT2D eigenvalue weighted by molar-refractivity contribution is 5.74. The van der Waals surface area contributed by atoms with Crippen LogP contribution in [0, 0.1) is 11.3 Å². The molecule has 0 aromatic heterocycles. The van der Waals surface area contributed by atoms with E-state index in [4.69, 9.17) is 15.7 Å². The topological polar surface area (TPSA) is 97.4 Å². The van der Waals surface area contributed by atoms with Crippen molar-refractivity contribution in [2.24, 2.45) is 5.73 Å². The molecule has 0 spiro atoms. The summed E-state index contributed by atoms with van der Waals surface area (Å²) in [5.74, 6) is -3.00. The number of ether oxygens (including phenoxy) is 2. The molecule has 1 unspecified atom stereocenters. The third-order valence-corrected chi connectivity index (χ3v) is 3.01. The van der Waals surface area contributed by atoms with E-state index in [-0.39, 0.29) is 17.0 Å². The Labute approximate surface area is 139 Å². The van der Waals surface area contributed by atoms with E-state index >= 15 is 0 Å². The first-order chi connectivity index (χ1) is 11.6. The SMILES string of the molecule is N#Cc1ccc(O[C@@]2(OC(F)(F)F)C=CC(NC(N)=O)=CC2F)cc1. The molecule has 2 amide bonds. The van der Waals surface area contributed by atoms with E-state index in [1.54, 1.807) is 0 Å². The van der Waals surface area contributed by atoms with Gasteiger partial charge in [-0.2, -0.15) is 5.26 Å². The Morgan fingerprint density at radius 2 is 1.96 bits per heavy atom. The fraction of sp³-hybridized carbons (Fsp3) is 0.200. The Morgan fingerprint density at radius 1 is 1.32 bits per heavy atom. The van der Waals surface area contributed by atoms with Gasteiger partial charge < -0.3 is 15.8 Å². The largest absolute Gasteiger partial charge is 0.526 e. The van der Waals surface area contributed by atoms with Crippen LogP contribution in [0.1, 0.15) is 5.56 Å². The molecule has 2 rings (SSSR count). The number of nitrogens with zero attached hydrogens (tertiary/aromatic N) is 1. The van der Waals surface area contributed by atoms with E-state index in [1.807, 2.05) is 11.4 Å². The number of nitriles is 1. The highest BCUT2D eigenvalue weighted by atomic mass is 19.4. The van der Waals surface area contributed by atoms with E-state index < -0.39 is 24.4 Å². The second-order valence-corrected chi connectivity index (χ2v) is 4.85. The average molecular weight is 357 g/mol. The van der Waals surface area contributed by atoms with Gasteiger partial charge >= 0.3 is 12.4 Å². The summed E-state index contributed by atoms with van der Waals surface area (Å²) in [6.45, 7) is 0. The summed E-state index contributed by atoms with van der Waals surface area (Å²) in [5, 5.41) is 10.7. The van der Waals surface area contributed by atoms with Gasteiger partial charge in [-0.25, -0.2) is 13.9 Å². The van der Waals surface area contributed by atoms with Gasteiger partial charge in [0.15, 0.2) is 6.17 Å². The number of allylic oxidation sites excluding steroid dienone is 1. The second-order valence-electron chi connectivity index (χ2n) is 4.85. The second kappa shape index (κ2) is 6.82. The van der Waals surface area contributed by atoms with Crippen LogP contribution in [0.4, 0.5) is 22.4 Å². The Hall–Kier alpha value is -3.06. The number of rotatable bonds is 4. The third-order valence-electron chi connectivity index (χ3n) is 3.01. The summed E-state index contributed by atoms with van der Waals surface area (Å²) < 4.78 is 61.6. The zero-order valence-electron chi connectivity index (χ0n) is 12.4.